The van der Waals surface area contributed by atoms with Crippen molar-refractivity contribution >= 4 is 11.0 Å². The number of aliphatic hydroxyl groups is 1. The average Bonchev–Trinajstić information content (AvgIpc) is 2.38. The summed E-state index contributed by atoms with van der Waals surface area (Å²) in [5.74, 6) is 0. The molecule has 2 rings (SSSR count). The third kappa shape index (κ3) is 2.68. The molecule has 0 radical (unpaired) electrons. The highest BCUT2D eigenvalue weighted by atomic mass is 16.3. The van der Waals surface area contributed by atoms with Crippen LogP contribution in [0.2, 0.25) is 0 Å². The molecule has 1 atom stereocenters. The summed E-state index contributed by atoms with van der Waals surface area (Å²) in [5, 5.41) is 10.1. The summed E-state index contributed by atoms with van der Waals surface area (Å²) in [6.07, 6.45) is 4.31. The van der Waals surface area contributed by atoms with Gasteiger partial charge in [0.2, 0.25) is 0 Å². The van der Waals surface area contributed by atoms with Crippen LogP contribution in [-0.2, 0) is 0 Å². The second-order valence-corrected chi connectivity index (χ2v) is 4.13. The van der Waals surface area contributed by atoms with E-state index >= 15 is 0 Å². The maximum absolute atomic E-state index is 10.1. The molecule has 2 aromatic rings. The molecule has 0 saturated heterocycles. The summed E-state index contributed by atoms with van der Waals surface area (Å²) in [7, 11) is 0. The monoisotopic (exact) mass is 228 g/mol. The van der Waals surface area contributed by atoms with Crippen LogP contribution in [0.4, 0.5) is 0 Å². The van der Waals surface area contributed by atoms with E-state index in [1.165, 1.54) is 0 Å². The molecule has 0 aliphatic heterocycles. The zero-order valence-electron chi connectivity index (χ0n) is 9.93. The highest BCUT2D eigenvalue weighted by Gasteiger charge is 2.09. The van der Waals surface area contributed by atoms with Crippen molar-refractivity contribution in [1.82, 2.24) is 9.97 Å². The molecule has 0 fully saturated rings. The van der Waals surface area contributed by atoms with Gasteiger partial charge in [0.25, 0.3) is 0 Å². The summed E-state index contributed by atoms with van der Waals surface area (Å²) in [6, 6.07) is 5.66. The molecule has 0 spiro atoms. The van der Waals surface area contributed by atoms with Crippen LogP contribution in [0.15, 0.2) is 42.7 Å². The van der Waals surface area contributed by atoms with Crippen LogP contribution in [-0.4, -0.2) is 15.1 Å². The van der Waals surface area contributed by atoms with Gasteiger partial charge in [0.15, 0.2) is 0 Å². The van der Waals surface area contributed by atoms with Gasteiger partial charge >= 0.3 is 0 Å². The molecule has 0 amide bonds. The zero-order chi connectivity index (χ0) is 12.3. The SMILES string of the molecule is C=C(CC)CC(O)c1ccc2nccnc2c1. The van der Waals surface area contributed by atoms with E-state index in [2.05, 4.69) is 16.5 Å². The van der Waals surface area contributed by atoms with Crippen LogP contribution in [0, 0.1) is 0 Å². The number of hydrogen-bond donors (Lipinski definition) is 1. The molecule has 0 saturated carbocycles. The standard InChI is InChI=1S/C14H16N2O/c1-3-10(2)8-14(17)11-4-5-12-13(9-11)16-7-6-15-12/h4-7,9,14,17H,2-3,8H2,1H3. The number of hydrogen-bond acceptors (Lipinski definition) is 3. The second-order valence-electron chi connectivity index (χ2n) is 4.13. The normalized spacial score (nSPS) is 12.6. The van der Waals surface area contributed by atoms with Gasteiger partial charge in [-0.15, -0.1) is 0 Å². The van der Waals surface area contributed by atoms with E-state index in [4.69, 9.17) is 0 Å². The molecule has 3 heteroatoms. The lowest BCUT2D eigenvalue weighted by Gasteiger charge is -2.12. The van der Waals surface area contributed by atoms with Gasteiger partial charge in [-0.25, -0.2) is 0 Å². The van der Waals surface area contributed by atoms with Crippen molar-refractivity contribution in [2.45, 2.75) is 25.9 Å². The van der Waals surface area contributed by atoms with Crippen LogP contribution in [0.5, 0.6) is 0 Å². The molecule has 88 valence electrons. The topological polar surface area (TPSA) is 46.0 Å². The van der Waals surface area contributed by atoms with Crippen molar-refractivity contribution in [2.75, 3.05) is 0 Å². The fraction of sp³-hybridized carbons (Fsp3) is 0.286. The molecule has 0 aliphatic rings. The van der Waals surface area contributed by atoms with E-state index in [9.17, 15) is 5.11 Å². The fourth-order valence-electron chi connectivity index (χ4n) is 1.72. The van der Waals surface area contributed by atoms with E-state index in [1.54, 1.807) is 12.4 Å². The van der Waals surface area contributed by atoms with Gasteiger partial charge in [-0.1, -0.05) is 25.1 Å². The minimum Gasteiger partial charge on any atom is -0.388 e. The van der Waals surface area contributed by atoms with Gasteiger partial charge < -0.3 is 5.11 Å². The van der Waals surface area contributed by atoms with Crippen molar-refractivity contribution in [1.29, 1.82) is 0 Å². The molecular weight excluding hydrogens is 212 g/mol. The number of aromatic nitrogens is 2. The Morgan fingerprint density at radius 3 is 2.71 bits per heavy atom. The summed E-state index contributed by atoms with van der Waals surface area (Å²) in [6.45, 7) is 5.96. The highest BCUT2D eigenvalue weighted by Crippen LogP contribution is 2.23. The van der Waals surface area contributed by atoms with Crippen molar-refractivity contribution in [3.05, 3.63) is 48.3 Å². The van der Waals surface area contributed by atoms with Crippen LogP contribution < -0.4 is 0 Å². The van der Waals surface area contributed by atoms with Crippen molar-refractivity contribution in [3.8, 4) is 0 Å². The molecule has 17 heavy (non-hydrogen) atoms. The Labute approximate surface area is 101 Å². The van der Waals surface area contributed by atoms with E-state index in [0.29, 0.717) is 6.42 Å². The molecule has 0 aliphatic carbocycles. The van der Waals surface area contributed by atoms with Gasteiger partial charge in [-0.3, -0.25) is 9.97 Å². The molecular formula is C14H16N2O. The summed E-state index contributed by atoms with van der Waals surface area (Å²) < 4.78 is 0. The minimum absolute atomic E-state index is 0.506. The zero-order valence-corrected chi connectivity index (χ0v) is 9.93. The maximum Gasteiger partial charge on any atom is 0.0890 e. The van der Waals surface area contributed by atoms with Crippen LogP contribution in [0.3, 0.4) is 0 Å². The average molecular weight is 228 g/mol. The third-order valence-electron chi connectivity index (χ3n) is 2.86. The molecule has 1 heterocycles. The summed E-state index contributed by atoms with van der Waals surface area (Å²) in [5.41, 5.74) is 3.58. The molecule has 1 N–H and O–H groups in total. The third-order valence-corrected chi connectivity index (χ3v) is 2.86. The quantitative estimate of drug-likeness (QED) is 0.818. The number of fused-ring (bicyclic) bond motifs is 1. The Bertz CT molecular complexity index is 536. The van der Waals surface area contributed by atoms with E-state index in [1.807, 2.05) is 25.1 Å². The molecule has 3 nitrogen and oxygen atoms in total. The number of rotatable bonds is 4. The van der Waals surface area contributed by atoms with Crippen LogP contribution in [0.25, 0.3) is 11.0 Å². The van der Waals surface area contributed by atoms with Gasteiger partial charge in [0.1, 0.15) is 0 Å². The van der Waals surface area contributed by atoms with Crippen molar-refractivity contribution in [3.63, 3.8) is 0 Å². The van der Waals surface area contributed by atoms with Gasteiger partial charge in [0, 0.05) is 12.4 Å². The summed E-state index contributed by atoms with van der Waals surface area (Å²) in [4.78, 5) is 8.42. The Hall–Kier alpha value is -1.74. The Kier molecular flexibility index (Phi) is 3.49. The lowest BCUT2D eigenvalue weighted by Crippen LogP contribution is -1.99. The molecule has 1 aromatic heterocycles. The van der Waals surface area contributed by atoms with Gasteiger partial charge in [-0.05, 0) is 30.5 Å². The van der Waals surface area contributed by atoms with Crippen molar-refractivity contribution < 1.29 is 5.11 Å². The molecule has 0 bridgehead atoms. The first-order valence-corrected chi connectivity index (χ1v) is 5.76. The number of nitrogens with zero attached hydrogens (tertiary/aromatic N) is 2. The lowest BCUT2D eigenvalue weighted by atomic mass is 10.0. The lowest BCUT2D eigenvalue weighted by molar-refractivity contribution is 0.177. The number of aliphatic hydroxyl groups excluding tert-OH is 1. The smallest absolute Gasteiger partial charge is 0.0890 e. The Morgan fingerprint density at radius 2 is 2.00 bits per heavy atom. The van der Waals surface area contributed by atoms with Gasteiger partial charge in [-0.2, -0.15) is 0 Å². The van der Waals surface area contributed by atoms with Crippen LogP contribution >= 0.6 is 0 Å². The first-order valence-electron chi connectivity index (χ1n) is 5.76. The molecule has 1 aromatic carbocycles. The Morgan fingerprint density at radius 1 is 1.29 bits per heavy atom. The van der Waals surface area contributed by atoms with E-state index in [-0.39, 0.29) is 0 Å². The van der Waals surface area contributed by atoms with E-state index < -0.39 is 6.10 Å². The Balaban J connectivity index is 2.26. The summed E-state index contributed by atoms with van der Waals surface area (Å²) >= 11 is 0. The first-order chi connectivity index (χ1) is 8.20. The predicted octanol–water partition coefficient (Wildman–Crippen LogP) is 3.02. The van der Waals surface area contributed by atoms with E-state index in [0.717, 1.165) is 28.6 Å². The number of benzene rings is 1. The van der Waals surface area contributed by atoms with Crippen LogP contribution in [0.1, 0.15) is 31.4 Å². The highest BCUT2D eigenvalue weighted by molar-refractivity contribution is 5.74. The molecule has 1 unspecified atom stereocenters. The van der Waals surface area contributed by atoms with Gasteiger partial charge in [0.05, 0.1) is 17.1 Å². The maximum atomic E-state index is 10.1. The first kappa shape index (κ1) is 11.7. The second kappa shape index (κ2) is 5.06. The minimum atomic E-state index is -0.506. The van der Waals surface area contributed by atoms with Crippen molar-refractivity contribution in [2.24, 2.45) is 0 Å². The fourth-order valence-corrected chi connectivity index (χ4v) is 1.72. The predicted molar refractivity (Wildman–Crippen MR) is 68.5 cm³/mol. The largest absolute Gasteiger partial charge is 0.388 e.